The third-order valence-electron chi connectivity index (χ3n) is 6.63. The average Bonchev–Trinajstić information content (AvgIpc) is 3.12. The van der Waals surface area contributed by atoms with Gasteiger partial charge in [-0.05, 0) is 48.0 Å². The molecule has 7 nitrogen and oxygen atoms in total. The van der Waals surface area contributed by atoms with Crippen LogP contribution in [0.4, 0.5) is 5.69 Å². The fourth-order valence-electron chi connectivity index (χ4n) is 4.70. The lowest BCUT2D eigenvalue weighted by molar-refractivity contribution is 0.0642. The number of methoxy groups -OCH3 is 1. The summed E-state index contributed by atoms with van der Waals surface area (Å²) in [4.78, 5) is 32.2. The van der Waals surface area contributed by atoms with Crippen LogP contribution in [0.1, 0.15) is 31.8 Å². The molecule has 0 spiro atoms. The summed E-state index contributed by atoms with van der Waals surface area (Å²) in [6, 6.07) is 17.9. The van der Waals surface area contributed by atoms with Crippen LogP contribution in [0.2, 0.25) is 5.02 Å². The Hall–Kier alpha value is -3.55. The molecule has 8 heteroatoms. The highest BCUT2D eigenvalue weighted by molar-refractivity contribution is 6.30. The van der Waals surface area contributed by atoms with Crippen LogP contribution in [0.25, 0.3) is 0 Å². The summed E-state index contributed by atoms with van der Waals surface area (Å²) in [6.07, 6.45) is 0. The molecule has 180 valence electrons. The fourth-order valence-corrected chi connectivity index (χ4v) is 4.90. The van der Waals surface area contributed by atoms with Crippen molar-refractivity contribution in [3.63, 3.8) is 0 Å². The van der Waals surface area contributed by atoms with Crippen LogP contribution in [0.15, 0.2) is 60.7 Å². The number of benzene rings is 3. The standard InChI is InChI=1S/C27H26ClN3O4/c1-35-21-8-5-18(6-9-21)16-31-26(33)22-3-2-4-23(25(22)27(31)34)30-13-11-29(12-14-30)17-19-15-20(28)7-10-24(19)32/h2-10,15,32H,11-14,16-17H2,1H3. The quantitative estimate of drug-likeness (QED) is 0.522. The zero-order valence-electron chi connectivity index (χ0n) is 19.4. The smallest absolute Gasteiger partial charge is 0.263 e. The number of carbonyl (C=O) groups excluding carboxylic acids is 2. The van der Waals surface area contributed by atoms with Crippen LogP contribution in [-0.2, 0) is 13.1 Å². The first-order valence-corrected chi connectivity index (χ1v) is 11.9. The number of rotatable bonds is 6. The molecule has 2 aliphatic heterocycles. The van der Waals surface area contributed by atoms with Crippen LogP contribution in [0.5, 0.6) is 11.5 Å². The summed E-state index contributed by atoms with van der Waals surface area (Å²) in [6.45, 7) is 3.74. The number of ether oxygens (including phenoxy) is 1. The number of nitrogens with zero attached hydrogens (tertiary/aromatic N) is 3. The van der Waals surface area contributed by atoms with Crippen molar-refractivity contribution in [2.75, 3.05) is 38.2 Å². The van der Waals surface area contributed by atoms with Crippen molar-refractivity contribution in [2.24, 2.45) is 0 Å². The van der Waals surface area contributed by atoms with E-state index in [1.165, 1.54) is 4.90 Å². The van der Waals surface area contributed by atoms with E-state index in [2.05, 4.69) is 9.80 Å². The van der Waals surface area contributed by atoms with Crippen molar-refractivity contribution in [3.8, 4) is 11.5 Å². The Labute approximate surface area is 209 Å². The Morgan fingerprint density at radius 2 is 1.66 bits per heavy atom. The second-order valence-corrected chi connectivity index (χ2v) is 9.22. The van der Waals surface area contributed by atoms with E-state index in [4.69, 9.17) is 16.3 Å². The van der Waals surface area contributed by atoms with Gasteiger partial charge >= 0.3 is 0 Å². The van der Waals surface area contributed by atoms with Gasteiger partial charge in [0.25, 0.3) is 11.8 Å². The Balaban J connectivity index is 1.30. The van der Waals surface area contributed by atoms with Gasteiger partial charge in [-0.2, -0.15) is 0 Å². The minimum Gasteiger partial charge on any atom is -0.508 e. The highest BCUT2D eigenvalue weighted by Gasteiger charge is 2.38. The topological polar surface area (TPSA) is 73.3 Å². The maximum Gasteiger partial charge on any atom is 0.263 e. The molecular weight excluding hydrogens is 466 g/mol. The average molecular weight is 492 g/mol. The van der Waals surface area contributed by atoms with Gasteiger partial charge in [0, 0.05) is 43.3 Å². The number of phenols is 1. The number of amides is 2. The molecular formula is C27H26ClN3O4. The second kappa shape index (κ2) is 9.60. The van der Waals surface area contributed by atoms with E-state index in [9.17, 15) is 14.7 Å². The Bertz CT molecular complexity index is 1270. The molecule has 2 aliphatic rings. The zero-order valence-corrected chi connectivity index (χ0v) is 20.2. The minimum absolute atomic E-state index is 0.215. The van der Waals surface area contributed by atoms with Crippen LogP contribution in [0.3, 0.4) is 0 Å². The number of carbonyl (C=O) groups is 2. The van der Waals surface area contributed by atoms with E-state index in [1.54, 1.807) is 31.4 Å². The Kier molecular flexibility index (Phi) is 6.36. The molecule has 1 saturated heterocycles. The molecule has 0 bridgehead atoms. The Morgan fingerprint density at radius 1 is 0.914 bits per heavy atom. The van der Waals surface area contributed by atoms with Gasteiger partial charge in [-0.3, -0.25) is 19.4 Å². The molecule has 1 fully saturated rings. The second-order valence-electron chi connectivity index (χ2n) is 8.78. The maximum absolute atomic E-state index is 13.4. The van der Waals surface area contributed by atoms with E-state index in [0.717, 1.165) is 35.7 Å². The van der Waals surface area contributed by atoms with Crippen LogP contribution >= 0.6 is 11.6 Å². The van der Waals surface area contributed by atoms with Crippen LogP contribution in [0, 0.1) is 0 Å². The maximum atomic E-state index is 13.4. The number of phenolic OH excluding ortho intramolecular Hbond substituents is 1. The highest BCUT2D eigenvalue weighted by atomic mass is 35.5. The van der Waals surface area contributed by atoms with Gasteiger partial charge < -0.3 is 14.7 Å². The predicted molar refractivity (Wildman–Crippen MR) is 134 cm³/mol. The molecule has 0 unspecified atom stereocenters. The molecule has 3 aromatic carbocycles. The number of halogens is 1. The lowest BCUT2D eigenvalue weighted by Gasteiger charge is -2.36. The molecule has 0 aromatic heterocycles. The predicted octanol–water partition coefficient (Wildman–Crippen LogP) is 4.17. The van der Waals surface area contributed by atoms with Gasteiger partial charge in [0.05, 0.1) is 30.5 Å². The summed E-state index contributed by atoms with van der Waals surface area (Å²) >= 11 is 6.09. The number of fused-ring (bicyclic) bond motifs is 1. The Morgan fingerprint density at radius 3 is 2.37 bits per heavy atom. The van der Waals surface area contributed by atoms with Crippen LogP contribution in [-0.4, -0.2) is 60.0 Å². The van der Waals surface area contributed by atoms with Gasteiger partial charge in [-0.1, -0.05) is 29.8 Å². The summed E-state index contributed by atoms with van der Waals surface area (Å²) in [5.74, 6) is 0.433. The van der Waals surface area contributed by atoms with E-state index in [1.807, 2.05) is 36.4 Å². The zero-order chi connectivity index (χ0) is 24.5. The van der Waals surface area contributed by atoms with E-state index in [0.29, 0.717) is 35.8 Å². The number of imide groups is 1. The number of aromatic hydroxyl groups is 1. The molecule has 1 N–H and O–H groups in total. The van der Waals surface area contributed by atoms with Gasteiger partial charge in [0.15, 0.2) is 0 Å². The van der Waals surface area contributed by atoms with E-state index < -0.39 is 0 Å². The van der Waals surface area contributed by atoms with Gasteiger partial charge in [0.2, 0.25) is 0 Å². The molecule has 35 heavy (non-hydrogen) atoms. The van der Waals surface area contributed by atoms with Gasteiger partial charge in [0.1, 0.15) is 11.5 Å². The highest BCUT2D eigenvalue weighted by Crippen LogP contribution is 2.33. The first kappa shape index (κ1) is 23.2. The van der Waals surface area contributed by atoms with E-state index >= 15 is 0 Å². The lowest BCUT2D eigenvalue weighted by Crippen LogP contribution is -2.46. The van der Waals surface area contributed by atoms with Crippen molar-refractivity contribution in [2.45, 2.75) is 13.1 Å². The first-order valence-electron chi connectivity index (χ1n) is 11.5. The van der Waals surface area contributed by atoms with Crippen molar-refractivity contribution in [1.82, 2.24) is 9.80 Å². The fraction of sp³-hybridized carbons (Fsp3) is 0.259. The molecule has 0 radical (unpaired) electrons. The summed E-state index contributed by atoms with van der Waals surface area (Å²) < 4.78 is 5.19. The molecule has 0 saturated carbocycles. The minimum atomic E-state index is -0.266. The number of hydrogen-bond donors (Lipinski definition) is 1. The normalized spacial score (nSPS) is 16.1. The third kappa shape index (κ3) is 4.57. The lowest BCUT2D eigenvalue weighted by atomic mass is 10.1. The molecule has 0 aliphatic carbocycles. The van der Waals surface area contributed by atoms with Crippen molar-refractivity contribution in [1.29, 1.82) is 0 Å². The molecule has 2 heterocycles. The summed E-state index contributed by atoms with van der Waals surface area (Å²) in [5.41, 5.74) is 3.38. The summed E-state index contributed by atoms with van der Waals surface area (Å²) in [5, 5.41) is 10.7. The van der Waals surface area contributed by atoms with Crippen molar-refractivity contribution >= 4 is 29.1 Å². The number of piperazine rings is 1. The third-order valence-corrected chi connectivity index (χ3v) is 6.86. The largest absolute Gasteiger partial charge is 0.508 e. The SMILES string of the molecule is COc1ccc(CN2C(=O)c3cccc(N4CCN(Cc5cc(Cl)ccc5O)CC4)c3C2=O)cc1. The molecule has 5 rings (SSSR count). The first-order chi connectivity index (χ1) is 16.9. The molecule has 0 atom stereocenters. The number of hydrogen-bond acceptors (Lipinski definition) is 6. The van der Waals surface area contributed by atoms with Gasteiger partial charge in [-0.15, -0.1) is 0 Å². The number of anilines is 1. The van der Waals surface area contributed by atoms with Crippen molar-refractivity contribution in [3.05, 3.63) is 87.9 Å². The molecule has 3 aromatic rings. The van der Waals surface area contributed by atoms with Gasteiger partial charge in [-0.25, -0.2) is 0 Å². The van der Waals surface area contributed by atoms with Crippen molar-refractivity contribution < 1.29 is 19.4 Å². The van der Waals surface area contributed by atoms with E-state index in [-0.39, 0.29) is 24.1 Å². The van der Waals surface area contributed by atoms with Crippen LogP contribution < -0.4 is 9.64 Å². The molecule has 2 amide bonds. The summed E-state index contributed by atoms with van der Waals surface area (Å²) in [7, 11) is 1.60. The monoisotopic (exact) mass is 491 g/mol.